The van der Waals surface area contributed by atoms with Gasteiger partial charge in [-0.05, 0) is 19.1 Å². The minimum absolute atomic E-state index is 0.179. The number of benzene rings is 1. The first-order valence-electron chi connectivity index (χ1n) is 11.1. The Bertz CT molecular complexity index is 1210. The third-order valence-corrected chi connectivity index (χ3v) is 7.61. The monoisotopic (exact) mass is 478 g/mol. The number of aliphatic hydroxyl groups is 1. The summed E-state index contributed by atoms with van der Waals surface area (Å²) in [5, 5.41) is 20.5. The summed E-state index contributed by atoms with van der Waals surface area (Å²) in [6.07, 6.45) is 4.22. The van der Waals surface area contributed by atoms with E-state index in [1.165, 1.54) is 4.68 Å². The lowest BCUT2D eigenvalue weighted by Gasteiger charge is -2.45. The summed E-state index contributed by atoms with van der Waals surface area (Å²) < 4.78 is 35.4. The molecule has 8 nitrogen and oxygen atoms in total. The highest BCUT2D eigenvalue weighted by molar-refractivity contribution is 6.34. The molecular weight excluding hydrogens is 454 g/mol. The Morgan fingerprint density at radius 1 is 1.15 bits per heavy atom. The first kappa shape index (κ1) is 21.3. The van der Waals surface area contributed by atoms with Crippen molar-refractivity contribution in [3.05, 3.63) is 35.7 Å². The van der Waals surface area contributed by atoms with Crippen molar-refractivity contribution in [2.75, 3.05) is 44.3 Å². The molecule has 1 N–H and O–H groups in total. The number of piperazine rings is 1. The topological polar surface area (TPSA) is 71.6 Å². The van der Waals surface area contributed by atoms with E-state index in [1.54, 1.807) is 23.3 Å². The van der Waals surface area contributed by atoms with E-state index >= 15 is 0 Å². The minimum Gasteiger partial charge on any atom is -0.389 e. The van der Waals surface area contributed by atoms with Crippen LogP contribution in [0.3, 0.4) is 0 Å². The molecule has 0 bridgehead atoms. The predicted octanol–water partition coefficient (Wildman–Crippen LogP) is 2.73. The number of halogens is 3. The smallest absolute Gasteiger partial charge is 0.272 e. The largest absolute Gasteiger partial charge is 0.389 e. The zero-order chi connectivity index (χ0) is 23.0. The van der Waals surface area contributed by atoms with E-state index in [2.05, 4.69) is 26.9 Å². The number of hydrogen-bond donors (Lipinski definition) is 1. The first-order valence-corrected chi connectivity index (χ1v) is 11.5. The molecule has 176 valence electrons. The molecule has 2 aliphatic heterocycles. The Labute approximate surface area is 194 Å². The summed E-state index contributed by atoms with van der Waals surface area (Å²) in [5.74, 6) is -2.68. The number of ether oxygens (including phenoxy) is 1. The van der Waals surface area contributed by atoms with Crippen LogP contribution in [0.2, 0.25) is 5.02 Å². The maximum atomic E-state index is 13.4. The number of nitrogens with zero attached hydrogens (tertiary/aromatic N) is 6. The predicted molar refractivity (Wildman–Crippen MR) is 119 cm³/mol. The Morgan fingerprint density at radius 3 is 2.58 bits per heavy atom. The normalized spacial score (nSPS) is 29.8. The van der Waals surface area contributed by atoms with Crippen LogP contribution in [0.25, 0.3) is 16.6 Å². The molecule has 1 saturated carbocycles. The van der Waals surface area contributed by atoms with Crippen LogP contribution in [0.15, 0.2) is 30.7 Å². The summed E-state index contributed by atoms with van der Waals surface area (Å²) in [4.78, 5) is 4.52. The molecule has 1 aromatic carbocycles. The van der Waals surface area contributed by atoms with Gasteiger partial charge in [-0.25, -0.2) is 13.5 Å². The van der Waals surface area contributed by atoms with E-state index < -0.39 is 18.1 Å². The fraction of sp³-hybridized carbons (Fsp3) is 0.545. The van der Waals surface area contributed by atoms with E-state index in [1.807, 2.05) is 12.1 Å². The van der Waals surface area contributed by atoms with Gasteiger partial charge < -0.3 is 14.7 Å². The van der Waals surface area contributed by atoms with Crippen LogP contribution in [0.1, 0.15) is 19.4 Å². The van der Waals surface area contributed by atoms with Crippen molar-refractivity contribution in [2.24, 2.45) is 0 Å². The maximum absolute atomic E-state index is 13.4. The second kappa shape index (κ2) is 7.36. The van der Waals surface area contributed by atoms with E-state index in [9.17, 15) is 13.9 Å². The number of fused-ring (bicyclic) bond motifs is 1. The molecule has 1 unspecified atom stereocenters. The van der Waals surface area contributed by atoms with Gasteiger partial charge in [-0.2, -0.15) is 10.2 Å². The fourth-order valence-corrected chi connectivity index (χ4v) is 5.28. The summed E-state index contributed by atoms with van der Waals surface area (Å²) in [6, 6.07) is 3.01. The van der Waals surface area contributed by atoms with Gasteiger partial charge in [-0.3, -0.25) is 9.58 Å². The molecule has 1 aliphatic carbocycles. The third-order valence-electron chi connectivity index (χ3n) is 7.31. The molecule has 3 aromatic rings. The van der Waals surface area contributed by atoms with E-state index in [0.717, 1.165) is 42.8 Å². The molecule has 3 fully saturated rings. The second-order valence-corrected chi connectivity index (χ2v) is 9.85. The lowest BCUT2D eigenvalue weighted by atomic mass is 9.95. The highest BCUT2D eigenvalue weighted by Gasteiger charge is 2.59. The fourth-order valence-electron chi connectivity index (χ4n) is 4.99. The summed E-state index contributed by atoms with van der Waals surface area (Å²) in [7, 11) is 0. The number of hydrogen-bond acceptors (Lipinski definition) is 6. The zero-order valence-electron chi connectivity index (χ0n) is 18.2. The number of alkyl halides is 2. The third kappa shape index (κ3) is 3.42. The van der Waals surface area contributed by atoms with E-state index in [0.29, 0.717) is 23.9 Å². The molecule has 3 atom stereocenters. The lowest BCUT2D eigenvalue weighted by molar-refractivity contribution is 0.00884. The van der Waals surface area contributed by atoms with Gasteiger partial charge in [0.25, 0.3) is 5.92 Å². The van der Waals surface area contributed by atoms with Gasteiger partial charge >= 0.3 is 0 Å². The number of aromatic nitrogens is 4. The molecule has 0 amide bonds. The molecule has 2 saturated heterocycles. The van der Waals surface area contributed by atoms with Crippen molar-refractivity contribution >= 4 is 28.2 Å². The van der Waals surface area contributed by atoms with Gasteiger partial charge in [-0.1, -0.05) is 11.6 Å². The first-order chi connectivity index (χ1) is 15.8. The maximum Gasteiger partial charge on any atom is 0.272 e. The van der Waals surface area contributed by atoms with Crippen molar-refractivity contribution < 1.29 is 18.6 Å². The minimum atomic E-state index is -2.68. The van der Waals surface area contributed by atoms with Gasteiger partial charge in [0, 0.05) is 38.0 Å². The SMILES string of the molecule is C[C@@]1(N2CCN(c3cc4c(cnn4-c4cnn(C5CC5(F)F)c4)cc3Cl)CC2)COC[C@@H]1O. The van der Waals surface area contributed by atoms with Crippen LogP contribution in [0, 0.1) is 0 Å². The van der Waals surface area contributed by atoms with Crippen LogP contribution in [-0.2, 0) is 4.74 Å². The quantitative estimate of drug-likeness (QED) is 0.621. The van der Waals surface area contributed by atoms with Crippen molar-refractivity contribution in [1.29, 1.82) is 0 Å². The summed E-state index contributed by atoms with van der Waals surface area (Å²) >= 11 is 6.64. The standard InChI is InChI=1S/C22H25ClF2N6O2/c1-21(13-33-12-20(21)32)29-4-2-28(3-5-29)18-7-17-14(6-16(18)23)9-27-31(17)15-10-26-30(11-15)19-8-22(19,24)25/h6-7,9-11,19-20,32H,2-5,8,12-13H2,1H3/t19?,20-,21+/m0/s1. The molecule has 3 aliphatic rings. The van der Waals surface area contributed by atoms with E-state index in [4.69, 9.17) is 16.3 Å². The molecule has 11 heteroatoms. The average molecular weight is 479 g/mol. The lowest BCUT2D eigenvalue weighted by Crippen LogP contribution is -2.60. The molecule has 4 heterocycles. The number of rotatable bonds is 4. The highest BCUT2D eigenvalue weighted by atomic mass is 35.5. The zero-order valence-corrected chi connectivity index (χ0v) is 18.9. The Balaban J connectivity index is 1.25. The Hall–Kier alpha value is -2.27. The molecule has 0 radical (unpaired) electrons. The van der Waals surface area contributed by atoms with Crippen LogP contribution >= 0.6 is 11.6 Å². The number of anilines is 1. The summed E-state index contributed by atoms with van der Waals surface area (Å²) in [5.41, 5.74) is 2.01. The van der Waals surface area contributed by atoms with Crippen LogP contribution in [0.4, 0.5) is 14.5 Å². The van der Waals surface area contributed by atoms with Gasteiger partial charge in [0.1, 0.15) is 11.7 Å². The Morgan fingerprint density at radius 2 is 1.91 bits per heavy atom. The molecule has 0 spiro atoms. The Kier molecular flexibility index (Phi) is 4.75. The second-order valence-electron chi connectivity index (χ2n) is 9.44. The van der Waals surface area contributed by atoms with Gasteiger partial charge in [0.2, 0.25) is 0 Å². The van der Waals surface area contributed by atoms with Crippen molar-refractivity contribution in [3.8, 4) is 5.69 Å². The van der Waals surface area contributed by atoms with Crippen molar-refractivity contribution in [3.63, 3.8) is 0 Å². The van der Waals surface area contributed by atoms with Gasteiger partial charge in [0.15, 0.2) is 0 Å². The summed E-state index contributed by atoms with van der Waals surface area (Å²) in [6.45, 7) is 6.04. The molecule has 6 rings (SSSR count). The molecule has 33 heavy (non-hydrogen) atoms. The molecule has 2 aromatic heterocycles. The van der Waals surface area contributed by atoms with E-state index in [-0.39, 0.29) is 12.0 Å². The molecular formula is C22H25ClF2N6O2. The van der Waals surface area contributed by atoms with Crippen LogP contribution < -0.4 is 4.90 Å². The van der Waals surface area contributed by atoms with Crippen molar-refractivity contribution in [1.82, 2.24) is 24.5 Å². The van der Waals surface area contributed by atoms with Gasteiger partial charge in [0.05, 0.1) is 59.7 Å². The van der Waals surface area contributed by atoms with Crippen LogP contribution in [0.5, 0.6) is 0 Å². The van der Waals surface area contributed by atoms with Crippen LogP contribution in [-0.4, -0.2) is 86.5 Å². The average Bonchev–Trinajstić information content (AvgIpc) is 3.21. The van der Waals surface area contributed by atoms with Crippen molar-refractivity contribution in [2.45, 2.75) is 37.0 Å². The van der Waals surface area contributed by atoms with Gasteiger partial charge in [-0.15, -0.1) is 0 Å². The number of aliphatic hydroxyl groups excluding tert-OH is 1. The highest BCUT2D eigenvalue weighted by Crippen LogP contribution is 2.52.